The molecule has 80 valence electrons. The maximum Gasteiger partial charge on any atom is 0.172 e. The molecule has 0 spiro atoms. The molecule has 3 nitrogen and oxygen atoms in total. The van der Waals surface area contributed by atoms with E-state index in [0.29, 0.717) is 13.0 Å². The van der Waals surface area contributed by atoms with Gasteiger partial charge in [0.05, 0.1) is 6.07 Å². The third-order valence-electron chi connectivity index (χ3n) is 1.97. The highest BCUT2D eigenvalue weighted by Gasteiger charge is 2.21. The van der Waals surface area contributed by atoms with Gasteiger partial charge in [-0.2, -0.15) is 17.0 Å². The Morgan fingerprint density at radius 2 is 2.40 bits per heavy atom. The summed E-state index contributed by atoms with van der Waals surface area (Å²) in [6.45, 7) is 0.614. The van der Waals surface area contributed by atoms with Crippen LogP contribution in [0.3, 0.4) is 0 Å². The second-order valence-corrected chi connectivity index (χ2v) is 5.03. The van der Waals surface area contributed by atoms with Crippen molar-refractivity contribution in [1.82, 2.24) is 0 Å². The van der Waals surface area contributed by atoms with Gasteiger partial charge in [-0.15, -0.1) is 11.3 Å². The number of ether oxygens (including phenoxy) is 2. The van der Waals surface area contributed by atoms with Gasteiger partial charge in [-0.3, -0.25) is 0 Å². The van der Waals surface area contributed by atoms with Crippen LogP contribution in [-0.4, -0.2) is 24.2 Å². The molecule has 0 amide bonds. The van der Waals surface area contributed by atoms with Gasteiger partial charge >= 0.3 is 0 Å². The van der Waals surface area contributed by atoms with Crippen LogP contribution >= 0.6 is 23.1 Å². The third-order valence-corrected chi connectivity index (χ3v) is 3.77. The van der Waals surface area contributed by atoms with Gasteiger partial charge in [0.25, 0.3) is 0 Å². The number of thioether (sulfide) groups is 1. The molecule has 1 aliphatic heterocycles. The monoisotopic (exact) mass is 241 g/mol. The van der Waals surface area contributed by atoms with Crippen LogP contribution in [0.5, 0.6) is 11.5 Å². The number of rotatable bonds is 4. The molecule has 1 atom stereocenters. The van der Waals surface area contributed by atoms with E-state index in [1.54, 1.807) is 23.1 Å². The van der Waals surface area contributed by atoms with Crippen molar-refractivity contribution >= 4 is 23.1 Å². The van der Waals surface area contributed by atoms with Crippen LogP contribution in [0.4, 0.5) is 0 Å². The van der Waals surface area contributed by atoms with E-state index < -0.39 is 0 Å². The van der Waals surface area contributed by atoms with Crippen molar-refractivity contribution < 1.29 is 9.47 Å². The van der Waals surface area contributed by atoms with Crippen molar-refractivity contribution in [2.24, 2.45) is 0 Å². The Morgan fingerprint density at radius 1 is 1.53 bits per heavy atom. The van der Waals surface area contributed by atoms with Crippen LogP contribution < -0.4 is 9.47 Å². The van der Waals surface area contributed by atoms with Gasteiger partial charge in [-0.25, -0.2) is 0 Å². The fraction of sp³-hybridized carbons (Fsp3) is 0.500. The van der Waals surface area contributed by atoms with Gasteiger partial charge in [0.1, 0.15) is 12.7 Å². The maximum absolute atomic E-state index is 8.39. The van der Waals surface area contributed by atoms with Crippen molar-refractivity contribution in [2.75, 3.05) is 18.1 Å². The average Bonchev–Trinajstić information content (AvgIpc) is 2.71. The minimum Gasteiger partial charge on any atom is -0.485 e. The second kappa shape index (κ2) is 5.29. The molecular formula is C10H11NO2S2. The molecule has 0 fully saturated rings. The first kappa shape index (κ1) is 10.7. The summed E-state index contributed by atoms with van der Waals surface area (Å²) in [5.74, 6) is 3.47. The summed E-state index contributed by atoms with van der Waals surface area (Å²) in [7, 11) is 0. The van der Waals surface area contributed by atoms with E-state index in [1.807, 2.05) is 10.8 Å². The molecule has 2 rings (SSSR count). The number of hydrogen-bond acceptors (Lipinski definition) is 5. The Labute approximate surface area is 97.0 Å². The molecule has 5 heteroatoms. The van der Waals surface area contributed by atoms with E-state index in [2.05, 4.69) is 6.07 Å². The number of nitrogens with zero attached hydrogens (tertiary/aromatic N) is 1. The third kappa shape index (κ3) is 2.80. The predicted molar refractivity (Wildman–Crippen MR) is 61.8 cm³/mol. The molecule has 0 aliphatic carbocycles. The van der Waals surface area contributed by atoms with Crippen molar-refractivity contribution in [1.29, 1.82) is 5.26 Å². The van der Waals surface area contributed by atoms with E-state index in [0.717, 1.165) is 23.0 Å². The van der Waals surface area contributed by atoms with Gasteiger partial charge in [-0.1, -0.05) is 0 Å². The van der Waals surface area contributed by atoms with Gasteiger partial charge in [-0.05, 0) is 0 Å². The highest BCUT2D eigenvalue weighted by Crippen LogP contribution is 2.35. The van der Waals surface area contributed by atoms with E-state index in [1.165, 1.54) is 0 Å². The van der Waals surface area contributed by atoms with Crippen molar-refractivity contribution in [3.8, 4) is 17.6 Å². The Balaban J connectivity index is 1.76. The number of nitriles is 1. The van der Waals surface area contributed by atoms with E-state index >= 15 is 0 Å². The molecule has 1 aliphatic rings. The Kier molecular flexibility index (Phi) is 3.75. The molecular weight excluding hydrogens is 230 g/mol. The minimum atomic E-state index is 0.121. The summed E-state index contributed by atoms with van der Waals surface area (Å²) in [4.78, 5) is 0. The second-order valence-electron chi connectivity index (χ2n) is 3.13. The fourth-order valence-electron chi connectivity index (χ4n) is 1.28. The standard InChI is InChI=1S/C10H11NO2S2/c11-2-1-3-14-5-8-4-12-9-6-15-7-10(9)13-8/h6-8H,1,3-5H2. The zero-order valence-corrected chi connectivity index (χ0v) is 9.77. The molecule has 2 heterocycles. The topological polar surface area (TPSA) is 42.2 Å². The Morgan fingerprint density at radius 3 is 3.27 bits per heavy atom. The maximum atomic E-state index is 8.39. The van der Waals surface area contributed by atoms with Crippen LogP contribution in [0.2, 0.25) is 0 Å². The highest BCUT2D eigenvalue weighted by atomic mass is 32.2. The molecule has 0 bridgehead atoms. The van der Waals surface area contributed by atoms with E-state index in [-0.39, 0.29) is 6.10 Å². The van der Waals surface area contributed by atoms with Crippen LogP contribution in [-0.2, 0) is 0 Å². The lowest BCUT2D eigenvalue weighted by atomic mass is 10.4. The first-order valence-corrected chi connectivity index (χ1v) is 6.80. The molecule has 1 unspecified atom stereocenters. The molecule has 0 aromatic carbocycles. The lowest BCUT2D eigenvalue weighted by molar-refractivity contribution is 0.109. The largest absolute Gasteiger partial charge is 0.485 e. The summed E-state index contributed by atoms with van der Waals surface area (Å²) in [5.41, 5.74) is 0. The zero-order valence-electron chi connectivity index (χ0n) is 8.14. The van der Waals surface area contributed by atoms with Crippen LogP contribution in [0.15, 0.2) is 10.8 Å². The molecule has 1 aromatic heterocycles. The zero-order chi connectivity index (χ0) is 10.5. The first-order chi connectivity index (χ1) is 7.40. The van der Waals surface area contributed by atoms with Crippen LogP contribution in [0.1, 0.15) is 6.42 Å². The normalized spacial score (nSPS) is 18.5. The quantitative estimate of drug-likeness (QED) is 0.760. The highest BCUT2D eigenvalue weighted by molar-refractivity contribution is 7.99. The summed E-state index contributed by atoms with van der Waals surface area (Å²) in [6, 6.07) is 2.13. The molecule has 15 heavy (non-hydrogen) atoms. The predicted octanol–water partition coefficient (Wildman–Crippen LogP) is 2.53. The summed E-state index contributed by atoms with van der Waals surface area (Å²) >= 11 is 3.33. The van der Waals surface area contributed by atoms with Crippen molar-refractivity contribution in [2.45, 2.75) is 12.5 Å². The van der Waals surface area contributed by atoms with Gasteiger partial charge in [0, 0.05) is 28.7 Å². The van der Waals surface area contributed by atoms with Crippen LogP contribution in [0, 0.1) is 11.3 Å². The minimum absolute atomic E-state index is 0.121. The number of fused-ring (bicyclic) bond motifs is 1. The summed E-state index contributed by atoms with van der Waals surface area (Å²) in [6.07, 6.45) is 0.720. The lowest BCUT2D eigenvalue weighted by Gasteiger charge is -2.23. The van der Waals surface area contributed by atoms with Crippen LogP contribution in [0.25, 0.3) is 0 Å². The fourth-order valence-corrected chi connectivity index (χ4v) is 2.78. The van der Waals surface area contributed by atoms with E-state index in [4.69, 9.17) is 14.7 Å². The lowest BCUT2D eigenvalue weighted by Crippen LogP contribution is -2.30. The Hall–Kier alpha value is -0.860. The number of thiophene rings is 1. The molecule has 1 aromatic rings. The van der Waals surface area contributed by atoms with Crippen molar-refractivity contribution in [3.05, 3.63) is 10.8 Å². The Bertz CT molecular complexity index is 359. The van der Waals surface area contributed by atoms with Gasteiger partial charge in [0.15, 0.2) is 11.5 Å². The van der Waals surface area contributed by atoms with E-state index in [9.17, 15) is 0 Å². The molecule has 0 saturated heterocycles. The average molecular weight is 241 g/mol. The molecule has 0 saturated carbocycles. The number of hydrogen-bond donors (Lipinski definition) is 0. The van der Waals surface area contributed by atoms with Crippen molar-refractivity contribution in [3.63, 3.8) is 0 Å². The van der Waals surface area contributed by atoms with Gasteiger partial charge in [0.2, 0.25) is 0 Å². The van der Waals surface area contributed by atoms with Gasteiger partial charge < -0.3 is 9.47 Å². The SMILES string of the molecule is N#CCCSCC1COc2cscc2O1. The summed E-state index contributed by atoms with van der Waals surface area (Å²) in [5, 5.41) is 12.3. The summed E-state index contributed by atoms with van der Waals surface area (Å²) < 4.78 is 11.3. The smallest absolute Gasteiger partial charge is 0.172 e. The first-order valence-electron chi connectivity index (χ1n) is 4.70. The molecule has 0 N–H and O–H groups in total. The molecule has 0 radical (unpaired) electrons.